The fourth-order valence-corrected chi connectivity index (χ4v) is 9.34. The number of esters is 1. The SMILES string of the molecule is CO[C@H]1/C=C/O[C@@H](O)C2c3c(C)c(O)c4c(=O)c(c5oc6cc(OCCCN(C)C)ccc6nc-5c4c3C(=O)[C@@H]2C)NC(=O)/C(C)=C\C=C\[C@H](C)[C@H](O)[C@@H](C)[C@@H](O)[C@@H](C)[C@H](OC(C)=O)[C@@H]1C. The van der Waals surface area contributed by atoms with Crippen LogP contribution in [-0.4, -0.2) is 113 Å². The summed E-state index contributed by atoms with van der Waals surface area (Å²) in [6.45, 7) is 14.1. The quantitative estimate of drug-likeness (QED) is 0.0600. The molecule has 5 N–H and O–H groups in total. The molecule has 356 valence electrons. The van der Waals surface area contributed by atoms with E-state index in [1.54, 1.807) is 65.0 Å². The van der Waals surface area contributed by atoms with Gasteiger partial charge in [-0.25, -0.2) is 4.98 Å². The van der Waals surface area contributed by atoms with Crippen LogP contribution in [0.25, 0.3) is 33.3 Å². The molecule has 0 spiro atoms. The Kier molecular flexibility index (Phi) is 15.4. The van der Waals surface area contributed by atoms with Gasteiger partial charge < -0.3 is 54.0 Å². The molecule has 0 aromatic heterocycles. The number of phenolic OH excluding ortho intramolecular Hbond substituents is 1. The molecule has 16 heteroatoms. The second-order valence-corrected chi connectivity index (χ2v) is 18.2. The van der Waals surface area contributed by atoms with Gasteiger partial charge in [-0.15, -0.1) is 0 Å². The summed E-state index contributed by atoms with van der Waals surface area (Å²) in [6, 6.07) is 5.01. The van der Waals surface area contributed by atoms with E-state index >= 15 is 0 Å². The third-order valence-corrected chi connectivity index (χ3v) is 13.3. The Balaban J connectivity index is 1.57. The first-order valence-corrected chi connectivity index (χ1v) is 22.3. The minimum absolute atomic E-state index is 0.00793. The van der Waals surface area contributed by atoms with Gasteiger partial charge in [0.05, 0.1) is 42.5 Å². The summed E-state index contributed by atoms with van der Waals surface area (Å²) in [7, 11) is 5.38. The largest absolute Gasteiger partial charge is 0.507 e. The number of nitrogens with zero attached hydrogens (tertiary/aromatic N) is 2. The first-order chi connectivity index (χ1) is 31.2. The van der Waals surface area contributed by atoms with E-state index in [1.165, 1.54) is 46.3 Å². The molecule has 4 aliphatic rings. The van der Waals surface area contributed by atoms with Crippen LogP contribution in [0.15, 0.2) is 63.6 Å². The molecule has 2 aromatic carbocycles. The number of benzene rings is 3. The molecule has 0 saturated heterocycles. The van der Waals surface area contributed by atoms with E-state index in [2.05, 4.69) is 5.32 Å². The highest BCUT2D eigenvalue weighted by Gasteiger charge is 2.47. The minimum Gasteiger partial charge on any atom is -0.507 e. The lowest BCUT2D eigenvalue weighted by atomic mass is 9.78. The Labute approximate surface area is 384 Å². The van der Waals surface area contributed by atoms with Crippen LogP contribution in [0.4, 0.5) is 5.69 Å². The molecular weight excluding hydrogens is 851 g/mol. The zero-order valence-corrected chi connectivity index (χ0v) is 39.4. The number of aromatic hydroxyl groups is 1. The molecule has 16 nitrogen and oxygen atoms in total. The number of carbonyl (C=O) groups is 3. The van der Waals surface area contributed by atoms with Gasteiger partial charge in [0.15, 0.2) is 17.1 Å². The molecule has 1 amide bonds. The highest BCUT2D eigenvalue weighted by molar-refractivity contribution is 6.21. The van der Waals surface area contributed by atoms with Crippen LogP contribution in [0.2, 0.25) is 0 Å². The molecule has 2 aromatic rings. The summed E-state index contributed by atoms with van der Waals surface area (Å²) in [5, 5.41) is 49.2. The lowest BCUT2D eigenvalue weighted by Gasteiger charge is -2.38. The van der Waals surface area contributed by atoms with Gasteiger partial charge in [-0.1, -0.05) is 52.8 Å². The van der Waals surface area contributed by atoms with Gasteiger partial charge in [0.2, 0.25) is 11.7 Å². The number of fused-ring (bicyclic) bond motifs is 7. The first kappa shape index (κ1) is 49.8. The molecule has 3 bridgehead atoms. The second-order valence-electron chi connectivity index (χ2n) is 18.2. The molecule has 2 aliphatic heterocycles. The van der Waals surface area contributed by atoms with Crippen LogP contribution < -0.4 is 15.5 Å². The maximum absolute atomic E-state index is 14.8. The van der Waals surface area contributed by atoms with E-state index in [0.717, 1.165) is 13.0 Å². The molecule has 0 fully saturated rings. The van der Waals surface area contributed by atoms with Crippen molar-refractivity contribution in [3.8, 4) is 23.0 Å². The van der Waals surface area contributed by atoms with Gasteiger partial charge in [0.1, 0.15) is 34.5 Å². The number of anilines is 1. The van der Waals surface area contributed by atoms with Crippen LogP contribution in [0.3, 0.4) is 0 Å². The Hall–Kier alpha value is -5.65. The molecule has 6 rings (SSSR count). The van der Waals surface area contributed by atoms with Gasteiger partial charge >= 0.3 is 5.97 Å². The summed E-state index contributed by atoms with van der Waals surface area (Å²) in [6.07, 6.45) is 2.68. The normalized spacial score (nSPS) is 29.7. The van der Waals surface area contributed by atoms with Crippen molar-refractivity contribution >= 4 is 45.2 Å². The summed E-state index contributed by atoms with van der Waals surface area (Å²) in [5.74, 6) is -6.39. The summed E-state index contributed by atoms with van der Waals surface area (Å²) in [4.78, 5) is 62.7. The van der Waals surface area contributed by atoms with E-state index in [4.69, 9.17) is 28.3 Å². The van der Waals surface area contributed by atoms with Crippen LogP contribution in [0.1, 0.15) is 82.3 Å². The molecular formula is C50H63N3O13. The number of phenols is 1. The zero-order chi connectivity index (χ0) is 48.5. The van der Waals surface area contributed by atoms with Gasteiger partial charge in [0, 0.05) is 72.8 Å². The first-order valence-electron chi connectivity index (χ1n) is 22.3. The zero-order valence-electron chi connectivity index (χ0n) is 39.4. The number of ether oxygens (including phenoxy) is 4. The standard InChI is InChI=1S/C50H63N3O13/c1-23-14-12-15-24(2)49(60)52-41-46(59)39-37(40-48(41)66-34-22-31(16-17-32(34)51-40)63-20-13-19-53(9)10)38-35(26(4)45(39)58)36(27(5)44(38)57)50(61)64-21-18-33(62-11)25(3)47(65-30(8)54)29(7)43(56)28(6)42(23)55/h12,14-18,21-23,25,27-29,33,36,42-43,47,50,55-56,58,61H,13,19-20H2,1-11H3,(H,52,60)/b14-12+,21-18+,24-15-/t23-,25+,27+,28+,29+,33-,36?,42-,43+,47+,50+/m0/s1. The van der Waals surface area contributed by atoms with Crippen molar-refractivity contribution in [1.82, 2.24) is 9.88 Å². The Morgan fingerprint density at radius 3 is 2.33 bits per heavy atom. The number of rotatable bonds is 7. The van der Waals surface area contributed by atoms with E-state index < -0.39 is 95.1 Å². The van der Waals surface area contributed by atoms with Gasteiger partial charge in [-0.3, -0.25) is 19.2 Å². The van der Waals surface area contributed by atoms with Crippen molar-refractivity contribution in [2.75, 3.05) is 39.7 Å². The highest BCUT2D eigenvalue weighted by Crippen LogP contribution is 2.51. The van der Waals surface area contributed by atoms with E-state index in [9.17, 15) is 39.6 Å². The number of aromatic nitrogens is 1. The van der Waals surface area contributed by atoms with E-state index in [-0.39, 0.29) is 55.8 Å². The van der Waals surface area contributed by atoms with Crippen molar-refractivity contribution in [2.24, 2.45) is 29.6 Å². The van der Waals surface area contributed by atoms with E-state index in [1.807, 2.05) is 19.0 Å². The van der Waals surface area contributed by atoms with Crippen LogP contribution in [0, 0.1) is 36.5 Å². The van der Waals surface area contributed by atoms with Gasteiger partial charge in [-0.2, -0.15) is 0 Å². The maximum atomic E-state index is 14.8. The Morgan fingerprint density at radius 1 is 0.955 bits per heavy atom. The van der Waals surface area contributed by atoms with Crippen LogP contribution in [-0.2, 0) is 23.8 Å². The number of allylic oxidation sites excluding steroid dienone is 2. The summed E-state index contributed by atoms with van der Waals surface area (Å²) >= 11 is 0. The Morgan fingerprint density at radius 2 is 1.67 bits per heavy atom. The van der Waals surface area contributed by atoms with Crippen molar-refractivity contribution < 1.29 is 58.2 Å². The predicted molar refractivity (Wildman–Crippen MR) is 248 cm³/mol. The molecule has 66 heavy (non-hydrogen) atoms. The average Bonchev–Trinajstić information content (AvgIpc) is 3.54. The average molecular weight is 914 g/mol. The molecule has 1 unspecified atom stereocenters. The molecule has 2 heterocycles. The third-order valence-electron chi connectivity index (χ3n) is 13.3. The van der Waals surface area contributed by atoms with Crippen LogP contribution >= 0.6 is 0 Å². The maximum Gasteiger partial charge on any atom is 0.302 e. The number of hydrogen-bond donors (Lipinski definition) is 5. The summed E-state index contributed by atoms with van der Waals surface area (Å²) in [5.41, 5.74) is -0.0201. The van der Waals surface area contributed by atoms with E-state index in [0.29, 0.717) is 17.9 Å². The number of nitrogens with one attached hydrogen (secondary N) is 1. The van der Waals surface area contributed by atoms with Crippen LogP contribution in [0.5, 0.6) is 11.5 Å². The third kappa shape index (κ3) is 9.74. The molecule has 11 atom stereocenters. The lowest BCUT2D eigenvalue weighted by Crippen LogP contribution is -2.46. The number of aliphatic hydroxyl groups is 3. The monoisotopic (exact) mass is 913 g/mol. The molecule has 0 saturated carbocycles. The van der Waals surface area contributed by atoms with Gasteiger partial charge in [-0.05, 0) is 63.7 Å². The topological polar surface area (TPSA) is 227 Å². The number of Topliss-reactive ketones (excluding diaryl/α,β-unsaturated/α-hetero) is 1. The number of ketones is 1. The van der Waals surface area contributed by atoms with Gasteiger partial charge in [0.25, 0.3) is 5.91 Å². The predicted octanol–water partition coefficient (Wildman–Crippen LogP) is 6.22. The van der Waals surface area contributed by atoms with Crippen molar-refractivity contribution in [2.45, 2.75) is 98.4 Å². The minimum atomic E-state index is -1.66. The van der Waals surface area contributed by atoms with Crippen molar-refractivity contribution in [1.29, 1.82) is 0 Å². The number of methoxy groups -OCH3 is 1. The number of amides is 1. The number of hydrogen-bond acceptors (Lipinski definition) is 15. The number of carbonyl (C=O) groups excluding carboxylic acids is 3. The molecule has 0 radical (unpaired) electrons. The second kappa shape index (κ2) is 20.5. The lowest BCUT2D eigenvalue weighted by molar-refractivity contribution is -0.160. The fraction of sp³-hybridized carbons (Fsp3) is 0.500. The van der Waals surface area contributed by atoms with Crippen molar-refractivity contribution in [3.05, 3.63) is 81.3 Å². The number of aliphatic hydroxyl groups excluding tert-OH is 3. The Bertz CT molecular complexity index is 2600. The highest BCUT2D eigenvalue weighted by atomic mass is 16.6. The smallest absolute Gasteiger partial charge is 0.302 e. The van der Waals surface area contributed by atoms with Crippen molar-refractivity contribution in [3.63, 3.8) is 0 Å². The fourth-order valence-electron chi connectivity index (χ4n) is 9.34. The molecule has 2 aliphatic carbocycles. The summed E-state index contributed by atoms with van der Waals surface area (Å²) < 4.78 is 29.9.